The van der Waals surface area contributed by atoms with Gasteiger partial charge in [0.25, 0.3) is 5.91 Å². The molecule has 2 aromatic heterocycles. The third kappa shape index (κ3) is 2.37. The van der Waals surface area contributed by atoms with Crippen LogP contribution in [0.2, 0.25) is 0 Å². The Morgan fingerprint density at radius 1 is 1.23 bits per heavy atom. The van der Waals surface area contributed by atoms with Crippen LogP contribution in [-0.4, -0.2) is 37.4 Å². The van der Waals surface area contributed by atoms with Crippen LogP contribution in [0.3, 0.4) is 0 Å². The fraction of sp³-hybridized carbons (Fsp3) is 0.636. The van der Waals surface area contributed by atoms with Crippen LogP contribution in [0.15, 0.2) is 18.6 Å². The second-order valence-corrected chi connectivity index (χ2v) is 10.4. The first kappa shape index (κ1) is 17.2. The summed E-state index contributed by atoms with van der Waals surface area (Å²) in [7, 11) is 0. The van der Waals surface area contributed by atoms with Gasteiger partial charge in [0.15, 0.2) is 11.9 Å². The van der Waals surface area contributed by atoms with Crippen molar-refractivity contribution in [3.63, 3.8) is 0 Å². The molecule has 7 atom stereocenters. The maximum Gasteiger partial charge on any atom is 0.272 e. The van der Waals surface area contributed by atoms with Gasteiger partial charge < -0.3 is 15.6 Å². The monoisotopic (exact) mass is 407 g/mol. The smallest absolute Gasteiger partial charge is 0.272 e. The Hall–Kier alpha value is -2.48. The first-order valence-electron chi connectivity index (χ1n) is 11.2. The predicted molar refractivity (Wildman–Crippen MR) is 105 cm³/mol. The molecule has 4 bridgehead atoms. The van der Waals surface area contributed by atoms with Crippen molar-refractivity contribution in [2.75, 3.05) is 0 Å². The molecular formula is C22H25N5O3. The van der Waals surface area contributed by atoms with Gasteiger partial charge in [0, 0.05) is 17.5 Å². The predicted octanol–water partition coefficient (Wildman–Crippen LogP) is 1.23. The molecule has 5 fully saturated rings. The van der Waals surface area contributed by atoms with Crippen molar-refractivity contribution >= 4 is 5.91 Å². The molecule has 8 rings (SSSR count). The number of nitrogens with zero attached hydrogens (tertiary/aromatic N) is 4. The van der Waals surface area contributed by atoms with E-state index in [1.807, 2.05) is 0 Å². The van der Waals surface area contributed by atoms with E-state index in [-0.39, 0.29) is 11.9 Å². The number of aliphatic hydroxyl groups is 1. The molecule has 0 aromatic carbocycles. The molecule has 8 heteroatoms. The summed E-state index contributed by atoms with van der Waals surface area (Å²) in [6, 6.07) is 0.129. The Kier molecular flexibility index (Phi) is 3.22. The highest BCUT2D eigenvalue weighted by Gasteiger charge is 2.55. The fourth-order valence-corrected chi connectivity index (χ4v) is 7.38. The lowest BCUT2D eigenvalue weighted by molar-refractivity contribution is -0.605. The summed E-state index contributed by atoms with van der Waals surface area (Å²) >= 11 is 0. The second-order valence-electron chi connectivity index (χ2n) is 10.4. The first-order chi connectivity index (χ1) is 14.5. The number of nitrogens with one attached hydrogen (secondary N) is 1. The number of carbonyl (C=O) groups is 1. The molecule has 2 N–H and O–H groups in total. The van der Waals surface area contributed by atoms with E-state index in [4.69, 9.17) is 0 Å². The number of rotatable bonds is 3. The van der Waals surface area contributed by atoms with Crippen LogP contribution in [0.25, 0.3) is 5.82 Å². The summed E-state index contributed by atoms with van der Waals surface area (Å²) in [4.78, 5) is 17.7. The zero-order chi connectivity index (χ0) is 20.2. The van der Waals surface area contributed by atoms with E-state index in [0.717, 1.165) is 60.9 Å². The Labute approximate surface area is 173 Å². The van der Waals surface area contributed by atoms with Crippen LogP contribution in [-0.2, 0) is 6.42 Å². The third-order valence-electron chi connectivity index (χ3n) is 8.40. The standard InChI is InChI=1S/C22H25N5O3/c28-21(24-18-13-3-11-4-14(18)9-22(29,7-11)8-13)19-16-6-12-5-15(12)20(16)27(25-19)17-10-26(30)2-1-23-17/h1-2,10-15,18,29H,3-9H2,(H,24,28)/t11?,12-,13-,14+,15-,18-,22?/m0/s1. The average Bonchev–Trinajstić information content (AvgIpc) is 3.18. The maximum absolute atomic E-state index is 13.4. The van der Waals surface area contributed by atoms with E-state index in [2.05, 4.69) is 15.4 Å². The minimum absolute atomic E-state index is 0.110. The minimum atomic E-state index is -0.505. The topological polar surface area (TPSA) is 107 Å². The maximum atomic E-state index is 13.4. The zero-order valence-corrected chi connectivity index (χ0v) is 16.7. The molecule has 0 radical (unpaired) electrons. The summed E-state index contributed by atoms with van der Waals surface area (Å²) in [5.74, 6) is 2.71. The van der Waals surface area contributed by atoms with Crippen molar-refractivity contribution in [3.05, 3.63) is 40.7 Å². The van der Waals surface area contributed by atoms with E-state index >= 15 is 0 Å². The number of fused-ring (bicyclic) bond motifs is 3. The number of amides is 1. The van der Waals surface area contributed by atoms with Crippen molar-refractivity contribution in [3.8, 4) is 5.82 Å². The number of aromatic nitrogens is 4. The van der Waals surface area contributed by atoms with Gasteiger partial charge in [-0.3, -0.25) is 4.79 Å². The van der Waals surface area contributed by atoms with Crippen LogP contribution in [0.5, 0.6) is 0 Å². The van der Waals surface area contributed by atoms with Gasteiger partial charge in [-0.15, -0.1) is 0 Å². The van der Waals surface area contributed by atoms with E-state index in [9.17, 15) is 15.1 Å². The van der Waals surface area contributed by atoms with E-state index < -0.39 is 5.60 Å². The van der Waals surface area contributed by atoms with Crippen LogP contribution in [0.4, 0.5) is 0 Å². The molecule has 5 saturated carbocycles. The lowest BCUT2D eigenvalue weighted by atomic mass is 9.52. The molecule has 0 aliphatic heterocycles. The second kappa shape index (κ2) is 5.60. The lowest BCUT2D eigenvalue weighted by Gasteiger charge is -2.58. The quantitative estimate of drug-likeness (QED) is 0.588. The van der Waals surface area contributed by atoms with Gasteiger partial charge >= 0.3 is 0 Å². The van der Waals surface area contributed by atoms with E-state index in [1.165, 1.54) is 18.6 Å². The summed E-state index contributed by atoms with van der Waals surface area (Å²) < 4.78 is 2.44. The van der Waals surface area contributed by atoms with Gasteiger partial charge in [-0.25, -0.2) is 9.67 Å². The fourth-order valence-electron chi connectivity index (χ4n) is 7.38. The molecular weight excluding hydrogens is 382 g/mol. The number of hydrogen-bond donors (Lipinski definition) is 2. The highest BCUT2D eigenvalue weighted by atomic mass is 16.5. The molecule has 0 saturated heterocycles. The Morgan fingerprint density at radius 3 is 2.77 bits per heavy atom. The molecule has 156 valence electrons. The minimum Gasteiger partial charge on any atom is -0.619 e. The van der Waals surface area contributed by atoms with Crippen LogP contribution >= 0.6 is 0 Å². The number of hydrogen-bond acceptors (Lipinski definition) is 5. The normalized spacial score (nSPS) is 39.6. The molecule has 2 unspecified atom stereocenters. The first-order valence-corrected chi connectivity index (χ1v) is 11.2. The Bertz CT molecular complexity index is 1060. The Morgan fingerprint density at radius 2 is 2.03 bits per heavy atom. The van der Waals surface area contributed by atoms with Gasteiger partial charge in [0.05, 0.1) is 17.5 Å². The summed E-state index contributed by atoms with van der Waals surface area (Å²) in [6.45, 7) is 0. The van der Waals surface area contributed by atoms with Crippen molar-refractivity contribution < 1.29 is 14.6 Å². The highest BCUT2D eigenvalue weighted by molar-refractivity contribution is 5.94. The largest absolute Gasteiger partial charge is 0.619 e. The molecule has 30 heavy (non-hydrogen) atoms. The zero-order valence-electron chi connectivity index (χ0n) is 16.7. The van der Waals surface area contributed by atoms with Crippen molar-refractivity contribution in [1.29, 1.82) is 0 Å². The molecule has 8 nitrogen and oxygen atoms in total. The van der Waals surface area contributed by atoms with E-state index in [1.54, 1.807) is 4.68 Å². The SMILES string of the molecule is O=C(N[C@@H]1[C@@H]2CC3C[C@H]1CC(O)(C3)C2)c1nn(-c2c[n+]([O-])ccn2)c2c1C[C@@H]1C[C@H]21. The van der Waals surface area contributed by atoms with E-state index in [0.29, 0.717) is 41.1 Å². The van der Waals surface area contributed by atoms with Gasteiger partial charge in [-0.05, 0) is 68.6 Å². The van der Waals surface area contributed by atoms with Gasteiger partial charge in [-0.1, -0.05) is 0 Å². The van der Waals surface area contributed by atoms with Gasteiger partial charge in [0.1, 0.15) is 0 Å². The van der Waals surface area contributed by atoms with Gasteiger partial charge in [0.2, 0.25) is 12.0 Å². The number of carbonyl (C=O) groups excluding carboxylic acids is 1. The summed E-state index contributed by atoms with van der Waals surface area (Å²) in [5, 5.41) is 30.6. The van der Waals surface area contributed by atoms with Crippen molar-refractivity contribution in [2.24, 2.45) is 23.7 Å². The third-order valence-corrected chi connectivity index (χ3v) is 8.40. The summed E-state index contributed by atoms with van der Waals surface area (Å²) in [6.07, 6.45) is 11.0. The van der Waals surface area contributed by atoms with Crippen molar-refractivity contribution in [1.82, 2.24) is 20.1 Å². The highest BCUT2D eigenvalue weighted by Crippen LogP contribution is 2.58. The lowest BCUT2D eigenvalue weighted by Crippen LogP contribution is -2.61. The van der Waals surface area contributed by atoms with Crippen LogP contribution in [0, 0.1) is 28.9 Å². The molecule has 1 amide bonds. The molecule has 0 spiro atoms. The van der Waals surface area contributed by atoms with Crippen LogP contribution < -0.4 is 10.0 Å². The molecule has 6 aliphatic carbocycles. The molecule has 2 heterocycles. The van der Waals surface area contributed by atoms with Crippen molar-refractivity contribution in [2.45, 2.75) is 62.5 Å². The molecule has 2 aromatic rings. The average molecular weight is 407 g/mol. The van der Waals surface area contributed by atoms with Crippen LogP contribution in [0.1, 0.15) is 66.2 Å². The summed E-state index contributed by atoms with van der Waals surface area (Å²) in [5.41, 5.74) is 2.07. The Balaban J connectivity index is 1.22. The molecule has 6 aliphatic rings. The van der Waals surface area contributed by atoms with Gasteiger partial charge in [-0.2, -0.15) is 9.83 Å².